The molecule has 0 fully saturated rings. The Hall–Kier alpha value is -2.99. The van der Waals surface area contributed by atoms with Crippen LogP contribution in [0.1, 0.15) is 17.5 Å². The fourth-order valence-corrected chi connectivity index (χ4v) is 3.43. The standard InChI is InChI=1S/C21H21FN4O/c22-17-3-4-18-19(13-24-20(18)10-17)16-5-8-26(9-6-16)14-21(27)25-12-15-2-1-7-23-11-15/h1-5,7,10-11,13,24H,6,8-9,12,14H2,(H,25,27). The molecule has 0 radical (unpaired) electrons. The van der Waals surface area contributed by atoms with Crippen molar-refractivity contribution in [2.24, 2.45) is 0 Å². The average molecular weight is 364 g/mol. The van der Waals surface area contributed by atoms with E-state index in [0.29, 0.717) is 13.1 Å². The summed E-state index contributed by atoms with van der Waals surface area (Å²) in [5.41, 5.74) is 4.15. The number of rotatable bonds is 5. The van der Waals surface area contributed by atoms with Crippen LogP contribution in [0.25, 0.3) is 16.5 Å². The molecule has 3 heterocycles. The molecule has 6 heteroatoms. The van der Waals surface area contributed by atoms with Crippen molar-refractivity contribution in [1.29, 1.82) is 0 Å². The van der Waals surface area contributed by atoms with Gasteiger partial charge in [0.2, 0.25) is 5.91 Å². The van der Waals surface area contributed by atoms with Crippen molar-refractivity contribution in [3.05, 3.63) is 71.9 Å². The Balaban J connectivity index is 1.34. The van der Waals surface area contributed by atoms with Crippen LogP contribution in [0.3, 0.4) is 0 Å². The molecule has 4 rings (SSSR count). The number of nitrogens with zero attached hydrogens (tertiary/aromatic N) is 2. The fourth-order valence-electron chi connectivity index (χ4n) is 3.43. The van der Waals surface area contributed by atoms with Gasteiger partial charge in [0.1, 0.15) is 5.82 Å². The number of carbonyl (C=O) groups is 1. The fraction of sp³-hybridized carbons (Fsp3) is 0.238. The first-order valence-corrected chi connectivity index (χ1v) is 9.03. The highest BCUT2D eigenvalue weighted by atomic mass is 19.1. The first kappa shape index (κ1) is 17.4. The molecule has 138 valence electrons. The summed E-state index contributed by atoms with van der Waals surface area (Å²) < 4.78 is 13.3. The molecule has 5 nitrogen and oxygen atoms in total. The number of nitrogens with one attached hydrogen (secondary N) is 2. The zero-order valence-corrected chi connectivity index (χ0v) is 14.9. The number of pyridine rings is 1. The van der Waals surface area contributed by atoms with Crippen molar-refractivity contribution >= 4 is 22.4 Å². The van der Waals surface area contributed by atoms with Crippen molar-refractivity contribution in [3.63, 3.8) is 0 Å². The first-order valence-electron chi connectivity index (χ1n) is 9.03. The third kappa shape index (κ3) is 4.06. The first-order chi connectivity index (χ1) is 13.2. The highest BCUT2D eigenvalue weighted by molar-refractivity contribution is 5.92. The molecule has 0 saturated carbocycles. The summed E-state index contributed by atoms with van der Waals surface area (Å²) in [5.74, 6) is -0.227. The molecule has 3 aromatic rings. The summed E-state index contributed by atoms with van der Waals surface area (Å²) in [6.45, 7) is 2.42. The summed E-state index contributed by atoms with van der Waals surface area (Å²) >= 11 is 0. The Labute approximate surface area is 156 Å². The van der Waals surface area contributed by atoms with Gasteiger partial charge in [-0.2, -0.15) is 0 Å². The molecule has 2 N–H and O–H groups in total. The molecule has 1 aliphatic heterocycles. The van der Waals surface area contributed by atoms with E-state index in [-0.39, 0.29) is 11.7 Å². The number of fused-ring (bicyclic) bond motifs is 1. The maximum atomic E-state index is 13.3. The maximum absolute atomic E-state index is 13.3. The van der Waals surface area contributed by atoms with Crippen LogP contribution in [0, 0.1) is 5.82 Å². The van der Waals surface area contributed by atoms with Crippen LogP contribution in [0.4, 0.5) is 4.39 Å². The van der Waals surface area contributed by atoms with Crippen LogP contribution < -0.4 is 5.32 Å². The van der Waals surface area contributed by atoms with Crippen molar-refractivity contribution in [2.45, 2.75) is 13.0 Å². The summed E-state index contributed by atoms with van der Waals surface area (Å²) in [5, 5.41) is 3.97. The van der Waals surface area contributed by atoms with Crippen molar-refractivity contribution in [2.75, 3.05) is 19.6 Å². The van der Waals surface area contributed by atoms with Gasteiger partial charge in [-0.05, 0) is 41.8 Å². The number of hydrogen-bond acceptors (Lipinski definition) is 3. The van der Waals surface area contributed by atoms with Crippen molar-refractivity contribution in [1.82, 2.24) is 20.2 Å². The van der Waals surface area contributed by atoms with Crippen molar-refractivity contribution in [3.8, 4) is 0 Å². The maximum Gasteiger partial charge on any atom is 0.234 e. The lowest BCUT2D eigenvalue weighted by Crippen LogP contribution is -2.39. The predicted molar refractivity (Wildman–Crippen MR) is 103 cm³/mol. The quantitative estimate of drug-likeness (QED) is 0.731. The number of hydrogen-bond donors (Lipinski definition) is 2. The Bertz CT molecular complexity index is 980. The van der Waals surface area contributed by atoms with Gasteiger partial charge >= 0.3 is 0 Å². The molecule has 0 saturated heterocycles. The van der Waals surface area contributed by atoms with E-state index < -0.39 is 0 Å². The average Bonchev–Trinajstić information content (AvgIpc) is 3.11. The molecule has 0 bridgehead atoms. The Morgan fingerprint density at radius 2 is 2.26 bits per heavy atom. The van der Waals surface area contributed by atoms with E-state index in [0.717, 1.165) is 41.5 Å². The topological polar surface area (TPSA) is 61.0 Å². The lowest BCUT2D eigenvalue weighted by molar-refractivity contribution is -0.122. The number of halogens is 1. The third-order valence-corrected chi connectivity index (χ3v) is 4.86. The smallest absolute Gasteiger partial charge is 0.234 e. The zero-order valence-electron chi connectivity index (χ0n) is 14.9. The second-order valence-corrected chi connectivity index (χ2v) is 6.74. The molecule has 1 aromatic carbocycles. The van der Waals surface area contributed by atoms with E-state index >= 15 is 0 Å². The molecule has 0 unspecified atom stereocenters. The van der Waals surface area contributed by atoms with E-state index in [1.54, 1.807) is 12.4 Å². The van der Waals surface area contributed by atoms with E-state index in [1.165, 1.54) is 17.7 Å². The third-order valence-electron chi connectivity index (χ3n) is 4.86. The van der Waals surface area contributed by atoms with Crippen LogP contribution in [-0.4, -0.2) is 40.4 Å². The number of carbonyl (C=O) groups excluding carboxylic acids is 1. The van der Waals surface area contributed by atoms with Gasteiger partial charge in [0.05, 0.1) is 6.54 Å². The molecule has 0 atom stereocenters. The van der Waals surface area contributed by atoms with Gasteiger partial charge in [0, 0.05) is 54.7 Å². The van der Waals surface area contributed by atoms with Crippen molar-refractivity contribution < 1.29 is 9.18 Å². The van der Waals surface area contributed by atoms with E-state index in [9.17, 15) is 9.18 Å². The molecular weight excluding hydrogens is 343 g/mol. The minimum atomic E-state index is -0.239. The molecule has 0 aliphatic carbocycles. The monoisotopic (exact) mass is 364 g/mol. The SMILES string of the molecule is O=C(CN1CC=C(c2c[nH]c3cc(F)ccc23)CC1)NCc1cccnc1. The Morgan fingerprint density at radius 3 is 3.04 bits per heavy atom. The lowest BCUT2D eigenvalue weighted by atomic mass is 9.99. The van der Waals surface area contributed by atoms with Gasteiger partial charge in [-0.25, -0.2) is 4.39 Å². The van der Waals surface area contributed by atoms with Crippen LogP contribution in [-0.2, 0) is 11.3 Å². The van der Waals surface area contributed by atoms with Gasteiger partial charge in [-0.3, -0.25) is 14.7 Å². The normalized spacial score (nSPS) is 14.9. The summed E-state index contributed by atoms with van der Waals surface area (Å²) in [7, 11) is 0. The largest absolute Gasteiger partial charge is 0.360 e. The predicted octanol–water partition coefficient (Wildman–Crippen LogP) is 3.11. The Morgan fingerprint density at radius 1 is 1.33 bits per heavy atom. The number of aromatic nitrogens is 2. The molecule has 1 aliphatic rings. The van der Waals surface area contributed by atoms with E-state index in [1.807, 2.05) is 24.4 Å². The number of H-pyrrole nitrogens is 1. The van der Waals surface area contributed by atoms with Gasteiger partial charge < -0.3 is 10.3 Å². The van der Waals surface area contributed by atoms with Gasteiger partial charge in [0.25, 0.3) is 0 Å². The number of benzene rings is 1. The van der Waals surface area contributed by atoms with E-state index in [2.05, 4.69) is 26.3 Å². The molecular formula is C21H21FN4O. The van der Waals surface area contributed by atoms with Crippen LogP contribution >= 0.6 is 0 Å². The molecule has 0 spiro atoms. The van der Waals surface area contributed by atoms with Crippen LogP contribution in [0.2, 0.25) is 0 Å². The van der Waals surface area contributed by atoms with Gasteiger partial charge in [-0.1, -0.05) is 12.1 Å². The van der Waals surface area contributed by atoms with Gasteiger partial charge in [0.15, 0.2) is 0 Å². The highest BCUT2D eigenvalue weighted by Crippen LogP contribution is 2.29. The zero-order chi connectivity index (χ0) is 18.6. The summed E-state index contributed by atoms with van der Waals surface area (Å²) in [6, 6.07) is 8.62. The summed E-state index contributed by atoms with van der Waals surface area (Å²) in [6.07, 6.45) is 8.42. The number of amides is 1. The Kier molecular flexibility index (Phi) is 4.98. The van der Waals surface area contributed by atoms with Crippen LogP contribution in [0.15, 0.2) is 55.0 Å². The second kappa shape index (κ2) is 7.72. The second-order valence-electron chi connectivity index (χ2n) is 6.74. The molecule has 1 amide bonds. The molecule has 27 heavy (non-hydrogen) atoms. The van der Waals surface area contributed by atoms with E-state index in [4.69, 9.17) is 0 Å². The van der Waals surface area contributed by atoms with Gasteiger partial charge in [-0.15, -0.1) is 0 Å². The summed E-state index contributed by atoms with van der Waals surface area (Å²) in [4.78, 5) is 21.5. The highest BCUT2D eigenvalue weighted by Gasteiger charge is 2.17. The number of aromatic amines is 1. The lowest BCUT2D eigenvalue weighted by Gasteiger charge is -2.25. The van der Waals surface area contributed by atoms with Crippen LogP contribution in [0.5, 0.6) is 0 Å². The minimum Gasteiger partial charge on any atom is -0.360 e. The molecule has 2 aromatic heterocycles. The minimum absolute atomic E-state index is 0.0123.